The highest BCUT2D eigenvalue weighted by Crippen LogP contribution is 2.38. The lowest BCUT2D eigenvalue weighted by Crippen LogP contribution is -2.55. The Hall–Kier alpha value is -1.97. The first-order valence-electron chi connectivity index (χ1n) is 21.5. The third kappa shape index (κ3) is 23.4. The van der Waals surface area contributed by atoms with Gasteiger partial charge in [-0.05, 0) is 12.8 Å². The third-order valence-corrected chi connectivity index (χ3v) is 11.8. The van der Waals surface area contributed by atoms with Crippen molar-refractivity contribution in [2.75, 3.05) is 74.3 Å². The molecule has 0 spiro atoms. The highest BCUT2D eigenvalue weighted by atomic mass is 32.1. The molecule has 4 atom stereocenters. The smallest absolute Gasteiger partial charge is 0.513 e. The van der Waals surface area contributed by atoms with Crippen LogP contribution in [-0.2, 0) is 44.0 Å². The minimum Gasteiger partial charge on any atom is -0.756 e. The van der Waals surface area contributed by atoms with Crippen molar-refractivity contribution in [2.24, 2.45) is 0 Å². The number of nitrogens with zero attached hydrogens (tertiary/aromatic N) is 4. The van der Waals surface area contributed by atoms with Gasteiger partial charge in [-0.3, -0.25) is 13.8 Å². The Morgan fingerprint density at radius 3 is 2.11 bits per heavy atom. The van der Waals surface area contributed by atoms with Crippen LogP contribution in [0.4, 0.5) is 4.79 Å². The summed E-state index contributed by atoms with van der Waals surface area (Å²) >= 11 is 1.15. The summed E-state index contributed by atoms with van der Waals surface area (Å²) in [5.74, 6) is -0.453. The number of phosphoric ester groups is 1. The van der Waals surface area contributed by atoms with E-state index in [1.165, 1.54) is 57.8 Å². The molecule has 14 nitrogen and oxygen atoms in total. The maximum absolute atomic E-state index is 13.2. The highest BCUT2D eigenvalue weighted by Gasteiger charge is 2.37. The molecule has 3 unspecified atom stereocenters. The minimum absolute atomic E-state index is 0.0825. The minimum atomic E-state index is -4.74. The number of hydrogen-bond donors (Lipinski definition) is 0. The van der Waals surface area contributed by atoms with E-state index in [1.807, 2.05) is 28.2 Å². The van der Waals surface area contributed by atoms with Crippen molar-refractivity contribution in [1.82, 2.24) is 8.75 Å². The second kappa shape index (κ2) is 28.5. The standard InChI is InChI=1S/C41H76N4O10PS/c1-8-10-12-13-14-15-16-17-18-19-20-21-22-26-39(46)51-32-37(33-53-56(48,49)52-30-28-44(4,5)6)55-41(47)54-35(3)45(7)27-24-25-36(31-45)40-38(42-57-43-40)34-50-29-23-11-9-2/h25,35,37H,8-24,26-34H2,1-7H3/q+1/t35-,37?,45?/m0/s1. The summed E-state index contributed by atoms with van der Waals surface area (Å²) in [4.78, 5) is 38.4. The molecular weight excluding hydrogens is 772 g/mol. The van der Waals surface area contributed by atoms with Crippen molar-refractivity contribution < 1.29 is 56.0 Å². The van der Waals surface area contributed by atoms with E-state index < -0.39 is 45.5 Å². The molecule has 0 saturated carbocycles. The monoisotopic (exact) mass is 848 g/mol. The van der Waals surface area contributed by atoms with Gasteiger partial charge in [0.15, 0.2) is 6.10 Å². The zero-order valence-electron chi connectivity index (χ0n) is 36.3. The molecular formula is C41H76N4O10PS+. The van der Waals surface area contributed by atoms with Gasteiger partial charge in [0, 0.05) is 31.9 Å². The van der Waals surface area contributed by atoms with Crippen LogP contribution >= 0.6 is 19.6 Å². The Bertz CT molecular complexity index is 1340. The maximum atomic E-state index is 13.2. The fourth-order valence-corrected chi connectivity index (χ4v) is 7.76. The first-order valence-corrected chi connectivity index (χ1v) is 23.7. The summed E-state index contributed by atoms with van der Waals surface area (Å²) in [5, 5.41) is 0. The highest BCUT2D eigenvalue weighted by molar-refractivity contribution is 7.45. The molecule has 1 aliphatic rings. The summed E-state index contributed by atoms with van der Waals surface area (Å²) in [7, 11) is 2.98. The number of hydrogen-bond acceptors (Lipinski definition) is 13. The van der Waals surface area contributed by atoms with Gasteiger partial charge in [0.25, 0.3) is 7.82 Å². The fourth-order valence-electron chi connectivity index (χ4n) is 6.45. The van der Waals surface area contributed by atoms with E-state index >= 15 is 0 Å². The number of quaternary nitrogens is 2. The molecule has 0 aromatic carbocycles. The molecule has 0 aliphatic carbocycles. The molecule has 1 aromatic heterocycles. The van der Waals surface area contributed by atoms with Gasteiger partial charge in [0.05, 0.1) is 59.7 Å². The van der Waals surface area contributed by atoms with E-state index in [9.17, 15) is 19.0 Å². The Morgan fingerprint density at radius 2 is 1.47 bits per heavy atom. The summed E-state index contributed by atoms with van der Waals surface area (Å²) < 4.78 is 55.1. The van der Waals surface area contributed by atoms with Crippen LogP contribution in [0.25, 0.3) is 5.57 Å². The maximum Gasteiger partial charge on any atom is 0.513 e. The summed E-state index contributed by atoms with van der Waals surface area (Å²) in [6.07, 6.45) is 19.0. The number of phosphoric acid groups is 1. The van der Waals surface area contributed by atoms with Gasteiger partial charge in [-0.1, -0.05) is 110 Å². The average molecular weight is 848 g/mol. The second-order valence-electron chi connectivity index (χ2n) is 16.7. The van der Waals surface area contributed by atoms with Crippen LogP contribution in [0, 0.1) is 0 Å². The Morgan fingerprint density at radius 1 is 0.860 bits per heavy atom. The first-order chi connectivity index (χ1) is 27.2. The number of esters is 1. The summed E-state index contributed by atoms with van der Waals surface area (Å²) in [6.45, 7) is 7.84. The molecule has 2 heterocycles. The van der Waals surface area contributed by atoms with Crippen molar-refractivity contribution in [3.63, 3.8) is 0 Å². The zero-order chi connectivity index (χ0) is 42.0. The van der Waals surface area contributed by atoms with E-state index in [2.05, 4.69) is 28.7 Å². The Labute approximate surface area is 348 Å². The summed E-state index contributed by atoms with van der Waals surface area (Å²) in [5.41, 5.74) is 2.61. The molecule has 16 heteroatoms. The van der Waals surface area contributed by atoms with Crippen molar-refractivity contribution >= 4 is 37.2 Å². The van der Waals surface area contributed by atoms with Gasteiger partial charge in [0.1, 0.15) is 37.7 Å². The molecule has 0 bridgehead atoms. The van der Waals surface area contributed by atoms with Gasteiger partial charge < -0.3 is 37.4 Å². The average Bonchev–Trinajstić information content (AvgIpc) is 3.62. The van der Waals surface area contributed by atoms with Crippen LogP contribution in [-0.4, -0.2) is 116 Å². The van der Waals surface area contributed by atoms with E-state index in [4.69, 9.17) is 28.0 Å². The quantitative estimate of drug-likeness (QED) is 0.0288. The molecule has 330 valence electrons. The molecule has 1 aromatic rings. The van der Waals surface area contributed by atoms with Crippen LogP contribution in [0.1, 0.15) is 148 Å². The van der Waals surface area contributed by atoms with Crippen LogP contribution in [0.3, 0.4) is 0 Å². The zero-order valence-corrected chi connectivity index (χ0v) is 38.1. The summed E-state index contributed by atoms with van der Waals surface area (Å²) in [6, 6.07) is 0. The number of unbranched alkanes of at least 4 members (excludes halogenated alkanes) is 14. The van der Waals surface area contributed by atoms with Crippen LogP contribution in [0.2, 0.25) is 0 Å². The van der Waals surface area contributed by atoms with Gasteiger partial charge in [0.2, 0.25) is 6.23 Å². The molecule has 0 amide bonds. The lowest BCUT2D eigenvalue weighted by Gasteiger charge is -2.41. The van der Waals surface area contributed by atoms with Crippen molar-refractivity contribution in [1.29, 1.82) is 0 Å². The van der Waals surface area contributed by atoms with Crippen molar-refractivity contribution in [3.8, 4) is 0 Å². The van der Waals surface area contributed by atoms with E-state index in [0.717, 1.165) is 73.6 Å². The van der Waals surface area contributed by atoms with Crippen molar-refractivity contribution in [3.05, 3.63) is 17.5 Å². The number of aromatic nitrogens is 2. The topological polar surface area (TPSA) is 155 Å². The first kappa shape index (κ1) is 51.2. The number of carbonyl (C=O) groups is 2. The van der Waals surface area contributed by atoms with Gasteiger partial charge in [-0.15, -0.1) is 0 Å². The SMILES string of the molecule is CCCCCCCCCCCCCCCC(=O)OCC(COP(=O)([O-])OCC[N+](C)(C)C)OC(=O)O[C@@H](C)[N+]1(C)CCC=C(c2nsnc2COCCCCC)C1. The molecule has 1 aliphatic heterocycles. The van der Waals surface area contributed by atoms with Gasteiger partial charge in [-0.25, -0.2) is 4.79 Å². The van der Waals surface area contributed by atoms with Crippen molar-refractivity contribution in [2.45, 2.75) is 155 Å². The van der Waals surface area contributed by atoms with Gasteiger partial charge >= 0.3 is 12.1 Å². The molecule has 0 saturated heterocycles. The molecule has 0 N–H and O–H groups in total. The largest absolute Gasteiger partial charge is 0.756 e. The molecule has 0 fully saturated rings. The van der Waals surface area contributed by atoms with E-state index in [0.29, 0.717) is 48.2 Å². The second-order valence-corrected chi connectivity index (χ2v) is 18.6. The predicted molar refractivity (Wildman–Crippen MR) is 222 cm³/mol. The Kier molecular flexibility index (Phi) is 25.6. The van der Waals surface area contributed by atoms with Crippen LogP contribution < -0.4 is 4.89 Å². The number of likely N-dealkylation sites (N-methyl/N-ethyl adjacent to an activating group) is 2. The normalized spacial score (nSPS) is 18.1. The lowest BCUT2D eigenvalue weighted by atomic mass is 10.0. The number of carbonyl (C=O) groups excluding carboxylic acids is 2. The molecule has 57 heavy (non-hydrogen) atoms. The van der Waals surface area contributed by atoms with Crippen LogP contribution in [0.15, 0.2) is 6.08 Å². The predicted octanol–water partition coefficient (Wildman–Crippen LogP) is 8.58. The van der Waals surface area contributed by atoms with Crippen LogP contribution in [0.5, 0.6) is 0 Å². The molecule has 2 rings (SSSR count). The lowest BCUT2D eigenvalue weighted by molar-refractivity contribution is -0.944. The number of rotatable bonds is 33. The third-order valence-electron chi connectivity index (χ3n) is 10.3. The van der Waals surface area contributed by atoms with Gasteiger partial charge in [-0.2, -0.15) is 8.75 Å². The van der Waals surface area contributed by atoms with E-state index in [-0.39, 0.29) is 13.0 Å². The number of ether oxygens (including phenoxy) is 4. The van der Waals surface area contributed by atoms with E-state index in [1.54, 1.807) is 6.92 Å². The Balaban J connectivity index is 1.88. The molecule has 0 radical (unpaired) electrons. The fraction of sp³-hybridized carbons (Fsp3) is 0.854.